The van der Waals surface area contributed by atoms with Gasteiger partial charge in [-0.05, 0) is 12.8 Å². The van der Waals surface area contributed by atoms with E-state index in [0.717, 1.165) is 6.07 Å². The minimum atomic E-state index is -0.632. The third kappa shape index (κ3) is 4.03. The van der Waals surface area contributed by atoms with Crippen LogP contribution < -0.4 is 0 Å². The lowest BCUT2D eigenvalue weighted by molar-refractivity contribution is -0.385. The van der Waals surface area contributed by atoms with E-state index in [1.165, 1.54) is 6.20 Å². The predicted octanol–water partition coefficient (Wildman–Crippen LogP) is 1.95. The summed E-state index contributed by atoms with van der Waals surface area (Å²) in [5.74, 6) is 4.43. The summed E-state index contributed by atoms with van der Waals surface area (Å²) in [6, 6.07) is 1.16. The Morgan fingerprint density at radius 2 is 2.39 bits per heavy atom. The van der Waals surface area contributed by atoms with Gasteiger partial charge in [-0.15, -0.1) is 0 Å². The fourth-order valence-electron chi connectivity index (χ4n) is 1.08. The summed E-state index contributed by atoms with van der Waals surface area (Å²) in [4.78, 5) is 24.8. The van der Waals surface area contributed by atoms with Crippen LogP contribution in [0.15, 0.2) is 12.3 Å². The van der Waals surface area contributed by atoms with Crippen LogP contribution in [0.4, 0.5) is 5.69 Å². The number of ether oxygens (including phenoxy) is 1. The van der Waals surface area contributed by atoms with E-state index in [1.807, 2.05) is 0 Å². The van der Waals surface area contributed by atoms with Crippen LogP contribution in [0.5, 0.6) is 0 Å². The summed E-state index contributed by atoms with van der Waals surface area (Å²) in [5, 5.41) is 10.9. The molecule has 94 valence electrons. The zero-order valence-electron chi connectivity index (χ0n) is 9.47. The molecule has 1 aromatic rings. The van der Waals surface area contributed by atoms with Gasteiger partial charge in [-0.3, -0.25) is 14.9 Å². The van der Waals surface area contributed by atoms with Crippen LogP contribution in [-0.4, -0.2) is 22.5 Å². The van der Waals surface area contributed by atoms with Crippen molar-refractivity contribution in [3.8, 4) is 11.8 Å². The van der Waals surface area contributed by atoms with Crippen molar-refractivity contribution in [2.75, 3.05) is 6.61 Å². The molecule has 0 aromatic carbocycles. The monoisotopic (exact) mass is 268 g/mol. The summed E-state index contributed by atoms with van der Waals surface area (Å²) in [5.41, 5.74) is -0.326. The minimum Gasteiger partial charge on any atom is -0.465 e. The van der Waals surface area contributed by atoms with Crippen LogP contribution in [0.2, 0.25) is 5.02 Å². The lowest BCUT2D eigenvalue weighted by Crippen LogP contribution is -2.02. The molecule has 6 nitrogen and oxygen atoms in total. The molecule has 0 spiro atoms. The Hall–Kier alpha value is -2.13. The second kappa shape index (κ2) is 6.57. The zero-order chi connectivity index (χ0) is 13.5. The first-order valence-electron chi connectivity index (χ1n) is 4.99. The van der Waals surface area contributed by atoms with E-state index in [9.17, 15) is 14.9 Å². The second-order valence-electron chi connectivity index (χ2n) is 3.06. The fourth-order valence-corrected chi connectivity index (χ4v) is 1.23. The predicted molar refractivity (Wildman–Crippen MR) is 64.0 cm³/mol. The number of nitrogens with zero attached hydrogens (tertiary/aromatic N) is 2. The summed E-state index contributed by atoms with van der Waals surface area (Å²) in [6.07, 6.45) is 1.11. The fraction of sp³-hybridized carbons (Fsp3) is 0.273. The number of esters is 1. The van der Waals surface area contributed by atoms with E-state index in [0.29, 0.717) is 0 Å². The van der Waals surface area contributed by atoms with Gasteiger partial charge in [0.2, 0.25) is 0 Å². The van der Waals surface area contributed by atoms with Gasteiger partial charge in [0, 0.05) is 12.3 Å². The summed E-state index contributed by atoms with van der Waals surface area (Å²) in [6.45, 7) is 1.94. The van der Waals surface area contributed by atoms with Gasteiger partial charge < -0.3 is 4.74 Å². The first kappa shape index (κ1) is 13.9. The smallest absolute Gasteiger partial charge is 0.317 e. The molecule has 0 aliphatic heterocycles. The van der Waals surface area contributed by atoms with Gasteiger partial charge in [-0.1, -0.05) is 17.5 Å². The van der Waals surface area contributed by atoms with Gasteiger partial charge in [0.25, 0.3) is 0 Å². The minimum absolute atomic E-state index is 0.0336. The lowest BCUT2D eigenvalue weighted by atomic mass is 10.3. The highest BCUT2D eigenvalue weighted by Crippen LogP contribution is 2.19. The molecule has 0 aliphatic carbocycles. The molecule has 0 saturated heterocycles. The molecule has 1 heterocycles. The highest BCUT2D eigenvalue weighted by atomic mass is 35.5. The Morgan fingerprint density at radius 1 is 1.67 bits per heavy atom. The first-order valence-corrected chi connectivity index (χ1v) is 5.36. The summed E-state index contributed by atoms with van der Waals surface area (Å²) in [7, 11) is 0. The number of pyridine rings is 1. The number of carbonyl (C=O) groups is 1. The Labute approximate surface area is 108 Å². The third-order valence-electron chi connectivity index (χ3n) is 1.78. The van der Waals surface area contributed by atoms with Crippen molar-refractivity contribution >= 4 is 23.3 Å². The van der Waals surface area contributed by atoms with Crippen LogP contribution >= 0.6 is 11.6 Å². The molecule has 18 heavy (non-hydrogen) atoms. The van der Waals surface area contributed by atoms with Gasteiger partial charge in [0.1, 0.15) is 6.42 Å². The van der Waals surface area contributed by atoms with Gasteiger partial charge >= 0.3 is 11.7 Å². The van der Waals surface area contributed by atoms with E-state index in [4.69, 9.17) is 11.6 Å². The SMILES string of the molecule is CCOC(=O)CC#Cc1ncc(Cl)cc1[N+](=O)[O-]. The number of halogens is 1. The van der Waals surface area contributed by atoms with Crippen LogP contribution in [-0.2, 0) is 9.53 Å². The number of aromatic nitrogens is 1. The molecule has 0 bridgehead atoms. The van der Waals surface area contributed by atoms with Crippen molar-refractivity contribution in [3.63, 3.8) is 0 Å². The van der Waals surface area contributed by atoms with E-state index in [2.05, 4.69) is 21.6 Å². The Balaban J connectivity index is 2.88. The molecule has 7 heteroatoms. The van der Waals surface area contributed by atoms with Crippen molar-refractivity contribution in [1.82, 2.24) is 4.98 Å². The summed E-state index contributed by atoms with van der Waals surface area (Å²) >= 11 is 5.60. The van der Waals surface area contributed by atoms with Crippen molar-refractivity contribution in [2.45, 2.75) is 13.3 Å². The van der Waals surface area contributed by atoms with E-state index in [1.54, 1.807) is 6.92 Å². The molecule has 0 saturated carbocycles. The Kier molecular flexibility index (Phi) is 5.08. The van der Waals surface area contributed by atoms with E-state index in [-0.39, 0.29) is 29.4 Å². The van der Waals surface area contributed by atoms with Crippen molar-refractivity contribution < 1.29 is 14.5 Å². The number of hydrogen-bond donors (Lipinski definition) is 0. The Bertz CT molecular complexity index is 534. The molecular formula is C11H9ClN2O4. The number of hydrogen-bond acceptors (Lipinski definition) is 5. The molecule has 0 unspecified atom stereocenters. The molecule has 0 atom stereocenters. The zero-order valence-corrected chi connectivity index (χ0v) is 10.2. The molecule has 0 fully saturated rings. The van der Waals surface area contributed by atoms with Crippen LogP contribution in [0, 0.1) is 22.0 Å². The highest BCUT2D eigenvalue weighted by Gasteiger charge is 2.13. The van der Waals surface area contributed by atoms with Crippen molar-refractivity contribution in [3.05, 3.63) is 33.1 Å². The van der Waals surface area contributed by atoms with Crippen LogP contribution in [0.3, 0.4) is 0 Å². The van der Waals surface area contributed by atoms with Crippen molar-refractivity contribution in [2.24, 2.45) is 0 Å². The van der Waals surface area contributed by atoms with Gasteiger partial charge in [-0.25, -0.2) is 4.98 Å². The lowest BCUT2D eigenvalue weighted by Gasteiger charge is -1.96. The average Bonchev–Trinajstić information content (AvgIpc) is 2.31. The third-order valence-corrected chi connectivity index (χ3v) is 1.98. The molecule has 1 aromatic heterocycles. The number of rotatable bonds is 3. The van der Waals surface area contributed by atoms with Crippen LogP contribution in [0.25, 0.3) is 0 Å². The summed E-state index contributed by atoms with van der Waals surface area (Å²) < 4.78 is 4.66. The quantitative estimate of drug-likeness (QED) is 0.362. The maximum atomic E-state index is 11.0. The normalized spacial score (nSPS) is 9.22. The maximum Gasteiger partial charge on any atom is 0.317 e. The maximum absolute atomic E-state index is 11.0. The number of carbonyl (C=O) groups excluding carboxylic acids is 1. The largest absolute Gasteiger partial charge is 0.465 e. The van der Waals surface area contributed by atoms with Gasteiger partial charge in [0.15, 0.2) is 5.69 Å². The van der Waals surface area contributed by atoms with Crippen LogP contribution in [0.1, 0.15) is 19.0 Å². The van der Waals surface area contributed by atoms with E-state index < -0.39 is 10.9 Å². The number of nitro groups is 1. The Morgan fingerprint density at radius 3 is 3.00 bits per heavy atom. The molecule has 1 rings (SSSR count). The second-order valence-corrected chi connectivity index (χ2v) is 3.50. The molecule has 0 amide bonds. The molecule has 0 aliphatic rings. The van der Waals surface area contributed by atoms with Gasteiger partial charge in [0.05, 0.1) is 16.6 Å². The van der Waals surface area contributed by atoms with Crippen molar-refractivity contribution in [1.29, 1.82) is 0 Å². The van der Waals surface area contributed by atoms with Gasteiger partial charge in [-0.2, -0.15) is 0 Å². The molecule has 0 radical (unpaired) electrons. The standard InChI is InChI=1S/C11H9ClN2O4/c1-2-18-11(15)5-3-4-9-10(14(16)17)6-8(12)7-13-9/h6-7H,2,5H2,1H3. The topological polar surface area (TPSA) is 82.3 Å². The average molecular weight is 269 g/mol. The molecule has 0 N–H and O–H groups in total. The highest BCUT2D eigenvalue weighted by molar-refractivity contribution is 6.30. The first-order chi connectivity index (χ1) is 8.54. The molecular weight excluding hydrogens is 260 g/mol. The van der Waals surface area contributed by atoms with E-state index >= 15 is 0 Å².